The minimum atomic E-state index is -0.209. The van der Waals surface area contributed by atoms with Crippen molar-refractivity contribution in [2.45, 2.75) is 11.7 Å². The van der Waals surface area contributed by atoms with Crippen LogP contribution < -0.4 is 10.6 Å². The van der Waals surface area contributed by atoms with Crippen molar-refractivity contribution in [3.63, 3.8) is 0 Å². The topological polar surface area (TPSA) is 13.1 Å². The van der Waals surface area contributed by atoms with E-state index in [0.717, 1.165) is 10.6 Å². The minimum Gasteiger partial charge on any atom is -0.465 e. The van der Waals surface area contributed by atoms with E-state index in [2.05, 4.69) is 12.6 Å². The molecule has 1 aromatic rings. The molecule has 0 fully saturated rings. The highest BCUT2D eigenvalue weighted by atomic mass is 32.1. The summed E-state index contributed by atoms with van der Waals surface area (Å²) in [6.07, 6.45) is 9.76. The van der Waals surface area contributed by atoms with Crippen LogP contribution in [0.25, 0.3) is 12.2 Å². The molecular weight excluding hydrogens is 168 g/mol. The van der Waals surface area contributed by atoms with Gasteiger partial charge in [-0.2, -0.15) is 12.6 Å². The van der Waals surface area contributed by atoms with E-state index < -0.39 is 0 Å². The molecule has 1 nitrogen and oxygen atoms in total. The average Bonchev–Trinajstić information content (AvgIpc) is 2.31. The highest BCUT2D eigenvalue weighted by molar-refractivity contribution is 7.82. The smallest absolute Gasteiger partial charge is 0.131 e. The van der Waals surface area contributed by atoms with Crippen molar-refractivity contribution >= 4 is 24.8 Å². The van der Waals surface area contributed by atoms with Gasteiger partial charge in [0.05, 0.1) is 11.0 Å². The van der Waals surface area contributed by atoms with Crippen LogP contribution in [0.4, 0.5) is 0 Å². The summed E-state index contributed by atoms with van der Waals surface area (Å²) in [6, 6.07) is 1.95. The molecule has 0 N–H and O–H groups in total. The Balaban J connectivity index is 2.75. The van der Waals surface area contributed by atoms with Crippen molar-refractivity contribution in [1.82, 2.24) is 0 Å². The third-order valence-electron chi connectivity index (χ3n) is 1.86. The van der Waals surface area contributed by atoms with Gasteiger partial charge in [-0.25, -0.2) is 0 Å². The van der Waals surface area contributed by atoms with Crippen molar-refractivity contribution in [3.05, 3.63) is 35.1 Å². The fourth-order valence-electron chi connectivity index (χ4n) is 1.25. The molecule has 1 heterocycles. The fourth-order valence-corrected chi connectivity index (χ4v) is 1.45. The van der Waals surface area contributed by atoms with Gasteiger partial charge in [-0.1, -0.05) is 18.2 Å². The molecule has 0 aliphatic heterocycles. The summed E-state index contributed by atoms with van der Waals surface area (Å²) in [6.45, 7) is 2.03. The third-order valence-corrected chi connectivity index (χ3v) is 2.14. The van der Waals surface area contributed by atoms with Crippen LogP contribution in [0.3, 0.4) is 0 Å². The van der Waals surface area contributed by atoms with Gasteiger partial charge >= 0.3 is 0 Å². The second-order valence-electron chi connectivity index (χ2n) is 3.14. The Morgan fingerprint density at radius 2 is 2.33 bits per heavy atom. The predicted molar refractivity (Wildman–Crippen MR) is 53.4 cm³/mol. The minimum absolute atomic E-state index is 0.209. The molecule has 0 spiro atoms. The largest absolute Gasteiger partial charge is 0.465 e. The summed E-state index contributed by atoms with van der Waals surface area (Å²) in [7, 11) is 0. The summed E-state index contributed by atoms with van der Waals surface area (Å²) < 4.78 is 5.09. The number of thiol groups is 1. The van der Waals surface area contributed by atoms with Crippen LogP contribution in [0.2, 0.25) is 0 Å². The van der Waals surface area contributed by atoms with Crippen LogP contribution in [-0.2, 0) is 0 Å². The van der Waals surface area contributed by atoms with E-state index in [1.54, 1.807) is 6.26 Å². The lowest BCUT2D eigenvalue weighted by molar-refractivity contribution is 0.529. The van der Waals surface area contributed by atoms with E-state index in [1.165, 1.54) is 0 Å². The van der Waals surface area contributed by atoms with Gasteiger partial charge in [-0.05, 0) is 19.1 Å². The van der Waals surface area contributed by atoms with Crippen LogP contribution in [0.5, 0.6) is 0 Å². The molecule has 1 atom stereocenters. The lowest BCUT2D eigenvalue weighted by atomic mass is 10.1. The third kappa shape index (κ3) is 1.34. The standard InChI is InChI=1S/C10H10OS/c1-10(12)5-2-3-8-4-6-11-9(8)7-10/h2-7,12H,1H3. The highest BCUT2D eigenvalue weighted by Gasteiger charge is 2.12. The fraction of sp³-hybridized carbons (Fsp3) is 0.200. The number of hydrogen-bond acceptors (Lipinski definition) is 2. The summed E-state index contributed by atoms with van der Waals surface area (Å²) in [4.78, 5) is 0. The molecule has 0 aromatic carbocycles. The van der Waals surface area contributed by atoms with E-state index in [9.17, 15) is 0 Å². The van der Waals surface area contributed by atoms with Gasteiger partial charge in [-0.3, -0.25) is 0 Å². The average molecular weight is 178 g/mol. The molecule has 1 aromatic heterocycles. The number of furan rings is 1. The molecule has 2 heteroatoms. The summed E-state index contributed by atoms with van der Waals surface area (Å²) in [5.41, 5.74) is 0.900. The predicted octanol–water partition coefficient (Wildman–Crippen LogP) is 1.10. The van der Waals surface area contributed by atoms with E-state index in [0.29, 0.717) is 0 Å². The molecule has 12 heavy (non-hydrogen) atoms. The molecule has 1 aliphatic rings. The van der Waals surface area contributed by atoms with Crippen LogP contribution in [0.1, 0.15) is 6.92 Å². The lowest BCUT2D eigenvalue weighted by Crippen LogP contribution is -2.22. The van der Waals surface area contributed by atoms with Gasteiger partial charge in [0.15, 0.2) is 0 Å². The number of allylic oxidation sites excluding steroid dienone is 1. The maximum Gasteiger partial charge on any atom is 0.131 e. The zero-order valence-corrected chi connectivity index (χ0v) is 7.71. The van der Waals surface area contributed by atoms with Crippen LogP contribution in [-0.4, -0.2) is 4.75 Å². The molecule has 0 amide bonds. The van der Waals surface area contributed by atoms with Crippen LogP contribution >= 0.6 is 12.6 Å². The molecule has 62 valence electrons. The monoisotopic (exact) mass is 178 g/mol. The number of rotatable bonds is 0. The first-order chi connectivity index (χ1) is 5.67. The molecule has 0 saturated heterocycles. The maximum atomic E-state index is 5.30. The van der Waals surface area contributed by atoms with Crippen molar-refractivity contribution in [3.8, 4) is 0 Å². The van der Waals surface area contributed by atoms with E-state index in [1.807, 2.05) is 37.3 Å². The molecule has 2 rings (SSSR count). The molecule has 0 bridgehead atoms. The summed E-state index contributed by atoms with van der Waals surface area (Å²) in [5, 5.41) is 1.11. The quantitative estimate of drug-likeness (QED) is 0.587. The maximum absolute atomic E-state index is 5.30. The van der Waals surface area contributed by atoms with Gasteiger partial charge in [0.1, 0.15) is 5.42 Å². The molecule has 0 radical (unpaired) electrons. The highest BCUT2D eigenvalue weighted by Crippen LogP contribution is 2.17. The van der Waals surface area contributed by atoms with Gasteiger partial charge < -0.3 is 4.42 Å². The first-order valence-electron chi connectivity index (χ1n) is 3.86. The van der Waals surface area contributed by atoms with Crippen molar-refractivity contribution < 1.29 is 4.42 Å². The molecule has 1 aliphatic carbocycles. The zero-order valence-electron chi connectivity index (χ0n) is 6.82. The van der Waals surface area contributed by atoms with Crippen LogP contribution in [0.15, 0.2) is 28.9 Å². The second-order valence-corrected chi connectivity index (χ2v) is 4.10. The zero-order chi connectivity index (χ0) is 8.60. The Hall–Kier alpha value is -0.890. The number of fused-ring (bicyclic) bond motifs is 1. The first-order valence-corrected chi connectivity index (χ1v) is 4.30. The van der Waals surface area contributed by atoms with Crippen molar-refractivity contribution in [2.24, 2.45) is 0 Å². The van der Waals surface area contributed by atoms with Gasteiger partial charge in [0.2, 0.25) is 0 Å². The summed E-state index contributed by atoms with van der Waals surface area (Å²) >= 11 is 4.46. The van der Waals surface area contributed by atoms with Gasteiger partial charge in [0, 0.05) is 5.22 Å². The SMILES string of the molecule is CC1(S)C=CC=c2ccoc2=C1. The Bertz CT molecular complexity index is 423. The first kappa shape index (κ1) is 7.74. The molecular formula is C10H10OS. The molecule has 1 unspecified atom stereocenters. The summed E-state index contributed by atoms with van der Waals surface area (Å²) in [5.74, 6) is 0. The Kier molecular flexibility index (Phi) is 1.65. The normalized spacial score (nSPS) is 26.8. The van der Waals surface area contributed by atoms with Gasteiger partial charge in [-0.15, -0.1) is 0 Å². The van der Waals surface area contributed by atoms with Crippen LogP contribution in [0, 0.1) is 0 Å². The molecule has 0 saturated carbocycles. The van der Waals surface area contributed by atoms with E-state index in [4.69, 9.17) is 4.42 Å². The van der Waals surface area contributed by atoms with E-state index in [-0.39, 0.29) is 4.75 Å². The lowest BCUT2D eigenvalue weighted by Gasteiger charge is -2.10. The Labute approximate surface area is 76.5 Å². The van der Waals surface area contributed by atoms with Crippen molar-refractivity contribution in [1.29, 1.82) is 0 Å². The Morgan fingerprint density at radius 3 is 3.17 bits per heavy atom. The van der Waals surface area contributed by atoms with Crippen molar-refractivity contribution in [2.75, 3.05) is 0 Å². The van der Waals surface area contributed by atoms with E-state index >= 15 is 0 Å². The Morgan fingerprint density at radius 1 is 1.50 bits per heavy atom. The van der Waals surface area contributed by atoms with Gasteiger partial charge in [0.25, 0.3) is 0 Å². The number of hydrogen-bond donors (Lipinski definition) is 1. The second kappa shape index (κ2) is 2.56.